The van der Waals surface area contributed by atoms with Crippen LogP contribution in [0.2, 0.25) is 0 Å². The van der Waals surface area contributed by atoms with Gasteiger partial charge in [-0.3, -0.25) is 10.9 Å². The minimum Gasteiger partial charge on any atom is -0.391 e. The molecule has 7 heteroatoms. The predicted octanol–water partition coefficient (Wildman–Crippen LogP) is 1.65. The molecule has 0 bridgehead atoms. The molecule has 7 nitrogen and oxygen atoms in total. The third kappa shape index (κ3) is 6.00. The maximum Gasteiger partial charge on any atom is 0.128 e. The molecule has 0 aliphatic carbocycles. The van der Waals surface area contributed by atoms with Gasteiger partial charge in [0.1, 0.15) is 17.9 Å². The Bertz CT molecular complexity index is 690. The molecule has 5 N–H and O–H groups in total. The molecule has 132 valence electrons. The normalized spacial score (nSPS) is 15.6. The van der Waals surface area contributed by atoms with Crippen molar-refractivity contribution in [2.24, 2.45) is 10.2 Å². The second kappa shape index (κ2) is 9.53. The molecule has 25 heavy (non-hydrogen) atoms. The first-order chi connectivity index (χ1) is 12.1. The van der Waals surface area contributed by atoms with Crippen LogP contribution in [0.5, 0.6) is 0 Å². The maximum absolute atomic E-state index is 10.2. The van der Waals surface area contributed by atoms with Crippen molar-refractivity contribution in [1.29, 1.82) is 0 Å². The van der Waals surface area contributed by atoms with Crippen LogP contribution in [0.15, 0.2) is 70.9 Å². The summed E-state index contributed by atoms with van der Waals surface area (Å²) in [5, 5.41) is 37.7. The van der Waals surface area contributed by atoms with E-state index in [4.69, 9.17) is 0 Å². The molecule has 3 unspecified atom stereocenters. The van der Waals surface area contributed by atoms with Gasteiger partial charge in [-0.25, -0.2) is 0 Å². The average Bonchev–Trinajstić information content (AvgIpc) is 2.65. The fraction of sp³-hybridized carbons (Fsp3) is 0.222. The van der Waals surface area contributed by atoms with E-state index in [9.17, 15) is 15.3 Å². The van der Waals surface area contributed by atoms with Gasteiger partial charge < -0.3 is 15.3 Å². The van der Waals surface area contributed by atoms with Crippen molar-refractivity contribution in [1.82, 2.24) is 0 Å². The minimum absolute atomic E-state index is 0.0701. The van der Waals surface area contributed by atoms with Crippen LogP contribution in [-0.2, 0) is 0 Å². The monoisotopic (exact) mass is 342 g/mol. The van der Waals surface area contributed by atoms with E-state index < -0.39 is 18.3 Å². The van der Waals surface area contributed by atoms with Crippen LogP contribution in [0, 0.1) is 0 Å². The Morgan fingerprint density at radius 2 is 1.40 bits per heavy atom. The highest BCUT2D eigenvalue weighted by Gasteiger charge is 2.25. The fourth-order valence-corrected chi connectivity index (χ4v) is 1.94. The lowest BCUT2D eigenvalue weighted by atomic mass is 10.1. The average molecular weight is 342 g/mol. The molecule has 0 spiro atoms. The zero-order valence-electron chi connectivity index (χ0n) is 13.8. The largest absolute Gasteiger partial charge is 0.391 e. The number of hydrogen-bond acceptors (Lipinski definition) is 7. The molecule has 0 aliphatic heterocycles. The lowest BCUT2D eigenvalue weighted by Crippen LogP contribution is -2.42. The minimum atomic E-state index is -1.41. The van der Waals surface area contributed by atoms with E-state index in [0.29, 0.717) is 5.69 Å². The smallest absolute Gasteiger partial charge is 0.128 e. The highest BCUT2D eigenvalue weighted by atomic mass is 16.4. The van der Waals surface area contributed by atoms with Crippen molar-refractivity contribution in [2.75, 3.05) is 10.9 Å². The molecule has 0 radical (unpaired) electrons. The first kappa shape index (κ1) is 18.6. The lowest BCUT2D eigenvalue weighted by Gasteiger charge is -2.20. The SMILES string of the molecule is CC(O)C(O)C(O)C(/C=N\Nc1ccccc1)=N/Nc1ccccc1. The van der Waals surface area contributed by atoms with Gasteiger partial charge in [-0.1, -0.05) is 36.4 Å². The number of hydrogen-bond donors (Lipinski definition) is 5. The number of nitrogens with zero attached hydrogens (tertiary/aromatic N) is 2. The van der Waals surface area contributed by atoms with Gasteiger partial charge in [-0.15, -0.1) is 0 Å². The number of rotatable bonds is 8. The molecule has 2 aromatic rings. The second-order valence-electron chi connectivity index (χ2n) is 5.43. The Morgan fingerprint density at radius 3 is 1.92 bits per heavy atom. The van der Waals surface area contributed by atoms with Crippen LogP contribution in [0.25, 0.3) is 0 Å². The molecule has 0 heterocycles. The van der Waals surface area contributed by atoms with Crippen molar-refractivity contribution in [2.45, 2.75) is 25.2 Å². The number of hydrazone groups is 2. The van der Waals surface area contributed by atoms with Gasteiger partial charge in [-0.05, 0) is 31.2 Å². The van der Waals surface area contributed by atoms with E-state index in [2.05, 4.69) is 21.1 Å². The van der Waals surface area contributed by atoms with Gasteiger partial charge in [0.2, 0.25) is 0 Å². The second-order valence-corrected chi connectivity index (χ2v) is 5.43. The van der Waals surface area contributed by atoms with E-state index in [-0.39, 0.29) is 5.71 Å². The number of anilines is 2. The van der Waals surface area contributed by atoms with E-state index in [0.717, 1.165) is 5.69 Å². The number of para-hydroxylation sites is 2. The van der Waals surface area contributed by atoms with Crippen LogP contribution in [0.4, 0.5) is 11.4 Å². The molecule has 0 amide bonds. The molecular formula is C18H22N4O3. The van der Waals surface area contributed by atoms with E-state index in [1.165, 1.54) is 13.1 Å². The van der Waals surface area contributed by atoms with Crippen LogP contribution < -0.4 is 10.9 Å². The Hall–Kier alpha value is -2.74. The van der Waals surface area contributed by atoms with Gasteiger partial charge in [0.05, 0.1) is 23.7 Å². The van der Waals surface area contributed by atoms with E-state index in [1.807, 2.05) is 48.5 Å². The predicted molar refractivity (Wildman–Crippen MR) is 99.8 cm³/mol. The van der Waals surface area contributed by atoms with E-state index >= 15 is 0 Å². The van der Waals surface area contributed by atoms with Gasteiger partial charge in [0.15, 0.2) is 0 Å². The molecule has 3 atom stereocenters. The number of aliphatic hydroxyl groups excluding tert-OH is 3. The Kier molecular flexibility index (Phi) is 7.09. The summed E-state index contributed by atoms with van der Waals surface area (Å²) in [5.74, 6) is 0. The van der Waals surface area contributed by atoms with Crippen LogP contribution in [-0.4, -0.2) is 45.6 Å². The van der Waals surface area contributed by atoms with Crippen LogP contribution in [0.3, 0.4) is 0 Å². The molecule has 0 aliphatic rings. The number of benzene rings is 2. The van der Waals surface area contributed by atoms with Crippen molar-refractivity contribution < 1.29 is 15.3 Å². The summed E-state index contributed by atoms with van der Waals surface area (Å²) >= 11 is 0. The zero-order valence-corrected chi connectivity index (χ0v) is 13.8. The first-order valence-electron chi connectivity index (χ1n) is 7.85. The Labute approximate surface area is 146 Å². The molecule has 0 saturated heterocycles. The Balaban J connectivity index is 2.13. The third-order valence-electron chi connectivity index (χ3n) is 3.37. The quantitative estimate of drug-likeness (QED) is 0.370. The molecule has 0 aromatic heterocycles. The van der Waals surface area contributed by atoms with Crippen molar-refractivity contribution in [3.63, 3.8) is 0 Å². The summed E-state index contributed by atoms with van der Waals surface area (Å²) in [6, 6.07) is 18.4. The third-order valence-corrected chi connectivity index (χ3v) is 3.37. The summed E-state index contributed by atoms with van der Waals surface area (Å²) in [7, 11) is 0. The van der Waals surface area contributed by atoms with Crippen LogP contribution >= 0.6 is 0 Å². The van der Waals surface area contributed by atoms with Gasteiger partial charge in [-0.2, -0.15) is 10.2 Å². The summed E-state index contributed by atoms with van der Waals surface area (Å²) < 4.78 is 0. The highest BCUT2D eigenvalue weighted by molar-refractivity contribution is 6.33. The van der Waals surface area contributed by atoms with Crippen molar-refractivity contribution in [3.8, 4) is 0 Å². The summed E-state index contributed by atoms with van der Waals surface area (Å²) in [4.78, 5) is 0. The Morgan fingerprint density at radius 1 is 0.880 bits per heavy atom. The molecular weight excluding hydrogens is 320 g/mol. The van der Waals surface area contributed by atoms with Crippen molar-refractivity contribution in [3.05, 3.63) is 60.7 Å². The highest BCUT2D eigenvalue weighted by Crippen LogP contribution is 2.08. The number of aliphatic hydroxyl groups is 3. The van der Waals surface area contributed by atoms with E-state index in [1.54, 1.807) is 12.1 Å². The topological polar surface area (TPSA) is 109 Å². The summed E-state index contributed by atoms with van der Waals surface area (Å²) in [6.45, 7) is 1.38. The van der Waals surface area contributed by atoms with Gasteiger partial charge in [0, 0.05) is 0 Å². The summed E-state index contributed by atoms with van der Waals surface area (Å²) in [6.07, 6.45) is -2.62. The van der Waals surface area contributed by atoms with Gasteiger partial charge in [0.25, 0.3) is 0 Å². The first-order valence-corrected chi connectivity index (χ1v) is 7.85. The van der Waals surface area contributed by atoms with Gasteiger partial charge >= 0.3 is 0 Å². The lowest BCUT2D eigenvalue weighted by molar-refractivity contribution is -0.0249. The molecule has 2 rings (SSSR count). The summed E-state index contributed by atoms with van der Waals surface area (Å²) in [5.41, 5.74) is 7.13. The molecule has 0 saturated carbocycles. The maximum atomic E-state index is 10.2. The molecule has 2 aromatic carbocycles. The molecule has 0 fully saturated rings. The fourth-order valence-electron chi connectivity index (χ4n) is 1.94. The standard InChI is InChI=1S/C18H22N4O3/c1-13(23)17(24)18(25)16(22-21-15-10-6-3-7-11-15)12-19-20-14-8-4-2-5-9-14/h2-13,17-18,20-21,23-25H,1H3/b19-12-,22-16+. The number of nitrogens with one attached hydrogen (secondary N) is 2. The van der Waals surface area contributed by atoms with Crippen molar-refractivity contribution >= 4 is 23.3 Å². The zero-order chi connectivity index (χ0) is 18.1. The van der Waals surface area contributed by atoms with Crippen LogP contribution in [0.1, 0.15) is 6.92 Å².